The molecular formula is C13H14BrN3O4. The number of aliphatic carboxylic acids is 1. The van der Waals surface area contributed by atoms with Crippen LogP contribution in [-0.2, 0) is 9.59 Å². The Morgan fingerprint density at radius 1 is 1.29 bits per heavy atom. The van der Waals surface area contributed by atoms with Gasteiger partial charge in [-0.1, -0.05) is 6.92 Å². The lowest BCUT2D eigenvalue weighted by atomic mass is 10.0. The molecule has 0 saturated carbocycles. The van der Waals surface area contributed by atoms with E-state index < -0.39 is 5.97 Å². The number of carboxylic acid groups (broad SMARTS) is 1. The number of aromatic amines is 2. The van der Waals surface area contributed by atoms with Crippen LogP contribution >= 0.6 is 15.9 Å². The van der Waals surface area contributed by atoms with Gasteiger partial charge in [0.1, 0.15) is 0 Å². The lowest BCUT2D eigenvalue weighted by molar-refractivity contribution is -0.138. The van der Waals surface area contributed by atoms with Crippen LogP contribution in [0, 0.1) is 5.92 Å². The molecule has 0 saturated heterocycles. The Kier molecular flexibility index (Phi) is 4.46. The summed E-state index contributed by atoms with van der Waals surface area (Å²) in [6.07, 6.45) is 0.0548. The monoisotopic (exact) mass is 355 g/mol. The summed E-state index contributed by atoms with van der Waals surface area (Å²) >= 11 is 3.32. The number of hydrogen-bond donors (Lipinski definition) is 4. The molecule has 0 aliphatic heterocycles. The highest BCUT2D eigenvalue weighted by Gasteiger charge is 2.14. The number of benzene rings is 1. The van der Waals surface area contributed by atoms with Crippen molar-refractivity contribution in [3.63, 3.8) is 0 Å². The molecule has 0 aliphatic rings. The van der Waals surface area contributed by atoms with Crippen molar-refractivity contribution in [2.75, 3.05) is 5.32 Å². The molecule has 1 aromatic heterocycles. The summed E-state index contributed by atoms with van der Waals surface area (Å²) in [6.45, 7) is 1.70. The van der Waals surface area contributed by atoms with Crippen LogP contribution in [-0.4, -0.2) is 27.0 Å². The smallest absolute Gasteiger partial charge is 0.323 e. The maximum absolute atomic E-state index is 11.9. The van der Waals surface area contributed by atoms with E-state index in [1.54, 1.807) is 19.1 Å². The maximum atomic E-state index is 11.9. The Hall–Kier alpha value is -2.09. The number of amides is 1. The molecule has 1 unspecified atom stereocenters. The first-order chi connectivity index (χ1) is 9.85. The summed E-state index contributed by atoms with van der Waals surface area (Å²) in [5, 5.41) is 11.4. The second-order valence-corrected chi connectivity index (χ2v) is 5.77. The van der Waals surface area contributed by atoms with Crippen molar-refractivity contribution < 1.29 is 14.7 Å². The lowest BCUT2D eigenvalue weighted by Crippen LogP contribution is -2.17. The molecule has 1 heterocycles. The fraction of sp³-hybridized carbons (Fsp3) is 0.308. The van der Waals surface area contributed by atoms with E-state index >= 15 is 0 Å². The molecule has 0 radical (unpaired) electrons. The van der Waals surface area contributed by atoms with Gasteiger partial charge in [0.05, 0.1) is 16.7 Å². The Morgan fingerprint density at radius 2 is 1.90 bits per heavy atom. The maximum Gasteiger partial charge on any atom is 0.323 e. The minimum Gasteiger partial charge on any atom is -0.481 e. The third-order valence-corrected chi connectivity index (χ3v) is 3.59. The van der Waals surface area contributed by atoms with E-state index in [9.17, 15) is 14.4 Å². The number of aromatic nitrogens is 2. The SMILES string of the molecule is CC(CC(=O)O)CC(=O)Nc1cc2[nH]c(=O)[nH]c2cc1Br. The van der Waals surface area contributed by atoms with Crippen molar-refractivity contribution in [2.24, 2.45) is 5.92 Å². The van der Waals surface area contributed by atoms with Crippen molar-refractivity contribution in [1.82, 2.24) is 9.97 Å². The van der Waals surface area contributed by atoms with Gasteiger partial charge in [0.2, 0.25) is 5.91 Å². The predicted octanol–water partition coefficient (Wildman–Crippen LogP) is 2.06. The van der Waals surface area contributed by atoms with Gasteiger partial charge < -0.3 is 20.4 Å². The normalized spacial score (nSPS) is 12.3. The van der Waals surface area contributed by atoms with E-state index in [1.165, 1.54) is 0 Å². The quantitative estimate of drug-likeness (QED) is 0.656. The van der Waals surface area contributed by atoms with Crippen LogP contribution in [0.1, 0.15) is 19.8 Å². The summed E-state index contributed by atoms with van der Waals surface area (Å²) in [6, 6.07) is 3.32. The molecule has 1 atom stereocenters. The molecule has 2 rings (SSSR count). The van der Waals surface area contributed by atoms with Crippen LogP contribution in [0.3, 0.4) is 0 Å². The van der Waals surface area contributed by atoms with Crippen LogP contribution in [0.15, 0.2) is 21.4 Å². The first-order valence-corrected chi connectivity index (χ1v) is 7.07. The molecule has 0 spiro atoms. The molecule has 7 nitrogen and oxygen atoms in total. The van der Waals surface area contributed by atoms with E-state index in [4.69, 9.17) is 5.11 Å². The summed E-state index contributed by atoms with van der Waals surface area (Å²) < 4.78 is 0.629. The fourth-order valence-electron chi connectivity index (χ4n) is 2.04. The Labute approximate surface area is 127 Å². The molecule has 1 aromatic carbocycles. The third kappa shape index (κ3) is 3.94. The number of carboxylic acids is 1. The Bertz CT molecular complexity index is 749. The predicted molar refractivity (Wildman–Crippen MR) is 81.3 cm³/mol. The number of H-pyrrole nitrogens is 2. The molecule has 0 fully saturated rings. The number of carbonyl (C=O) groups excluding carboxylic acids is 1. The standard InChI is InChI=1S/C13H14BrN3O4/c1-6(3-12(19)20)2-11(18)15-8-5-10-9(4-7(8)14)16-13(21)17-10/h4-6H,2-3H2,1H3,(H,15,18)(H,19,20)(H2,16,17,21). The van der Waals surface area contributed by atoms with E-state index in [0.717, 1.165) is 0 Å². The third-order valence-electron chi connectivity index (χ3n) is 2.93. The van der Waals surface area contributed by atoms with Crippen molar-refractivity contribution in [1.29, 1.82) is 0 Å². The van der Waals surface area contributed by atoms with Crippen LogP contribution in [0.4, 0.5) is 5.69 Å². The van der Waals surface area contributed by atoms with E-state index in [1.807, 2.05) is 0 Å². The Morgan fingerprint density at radius 3 is 2.52 bits per heavy atom. The molecule has 8 heteroatoms. The summed E-state index contributed by atoms with van der Waals surface area (Å²) in [5.74, 6) is -1.46. The Balaban J connectivity index is 2.11. The topological polar surface area (TPSA) is 115 Å². The number of halogens is 1. The van der Waals surface area contributed by atoms with Crippen molar-refractivity contribution in [2.45, 2.75) is 19.8 Å². The zero-order valence-corrected chi connectivity index (χ0v) is 12.8. The van der Waals surface area contributed by atoms with Gasteiger partial charge in [-0.25, -0.2) is 4.79 Å². The van der Waals surface area contributed by atoms with Crippen LogP contribution < -0.4 is 11.0 Å². The van der Waals surface area contributed by atoms with Crippen LogP contribution in [0.2, 0.25) is 0 Å². The summed E-state index contributed by atoms with van der Waals surface area (Å²) in [7, 11) is 0. The summed E-state index contributed by atoms with van der Waals surface area (Å²) in [5.41, 5.74) is 1.40. The van der Waals surface area contributed by atoms with Gasteiger partial charge in [-0.05, 0) is 34.0 Å². The molecule has 0 aliphatic carbocycles. The van der Waals surface area contributed by atoms with Gasteiger partial charge in [0.25, 0.3) is 0 Å². The molecule has 4 N–H and O–H groups in total. The number of carbonyl (C=O) groups is 2. The molecule has 1 amide bonds. The van der Waals surface area contributed by atoms with Crippen LogP contribution in [0.5, 0.6) is 0 Å². The minimum atomic E-state index is -0.928. The molecular weight excluding hydrogens is 342 g/mol. The number of nitrogens with one attached hydrogen (secondary N) is 3. The average molecular weight is 356 g/mol. The van der Waals surface area contributed by atoms with Gasteiger partial charge in [-0.3, -0.25) is 9.59 Å². The number of hydrogen-bond acceptors (Lipinski definition) is 3. The molecule has 21 heavy (non-hydrogen) atoms. The van der Waals surface area contributed by atoms with Crippen molar-refractivity contribution in [3.8, 4) is 0 Å². The first kappa shape index (κ1) is 15.3. The van der Waals surface area contributed by atoms with Gasteiger partial charge in [0.15, 0.2) is 0 Å². The highest BCUT2D eigenvalue weighted by Crippen LogP contribution is 2.26. The van der Waals surface area contributed by atoms with E-state index in [2.05, 4.69) is 31.2 Å². The van der Waals surface area contributed by atoms with Crippen LogP contribution in [0.25, 0.3) is 11.0 Å². The first-order valence-electron chi connectivity index (χ1n) is 6.28. The zero-order chi connectivity index (χ0) is 15.6. The van der Waals surface area contributed by atoms with Crippen molar-refractivity contribution >= 4 is 44.5 Å². The molecule has 0 bridgehead atoms. The molecule has 2 aromatic rings. The second kappa shape index (κ2) is 6.13. The van der Waals surface area contributed by atoms with Gasteiger partial charge >= 0.3 is 11.7 Å². The highest BCUT2D eigenvalue weighted by atomic mass is 79.9. The number of rotatable bonds is 5. The largest absolute Gasteiger partial charge is 0.481 e. The minimum absolute atomic E-state index is 0.0568. The van der Waals surface area contributed by atoms with Gasteiger partial charge in [-0.15, -0.1) is 0 Å². The number of fused-ring (bicyclic) bond motifs is 1. The second-order valence-electron chi connectivity index (χ2n) is 4.91. The van der Waals surface area contributed by atoms with Crippen molar-refractivity contribution in [3.05, 3.63) is 27.1 Å². The number of imidazole rings is 1. The van der Waals surface area contributed by atoms with E-state index in [-0.39, 0.29) is 30.4 Å². The zero-order valence-electron chi connectivity index (χ0n) is 11.2. The summed E-state index contributed by atoms with van der Waals surface area (Å²) in [4.78, 5) is 38.9. The molecule has 112 valence electrons. The van der Waals surface area contributed by atoms with E-state index in [0.29, 0.717) is 21.2 Å². The fourth-order valence-corrected chi connectivity index (χ4v) is 2.48. The van der Waals surface area contributed by atoms with Gasteiger partial charge in [0, 0.05) is 17.3 Å². The van der Waals surface area contributed by atoms with Gasteiger partial charge in [-0.2, -0.15) is 0 Å². The highest BCUT2D eigenvalue weighted by molar-refractivity contribution is 9.10. The average Bonchev–Trinajstić information content (AvgIpc) is 2.67. The lowest BCUT2D eigenvalue weighted by Gasteiger charge is -2.10. The number of anilines is 1.